The number of nitrogens with zero attached hydrogens (tertiary/aromatic N) is 1. The number of pyridine rings is 1. The molecule has 0 aliphatic heterocycles. The molecular formula is C19H15NO3. The second kappa shape index (κ2) is 4.89. The Kier molecular flexibility index (Phi) is 2.96. The van der Waals surface area contributed by atoms with Gasteiger partial charge in [0, 0.05) is 21.9 Å². The number of ketones is 1. The molecule has 1 aromatic heterocycles. The molecule has 1 N–H and O–H groups in total. The van der Waals surface area contributed by atoms with Crippen LogP contribution in [0.3, 0.4) is 0 Å². The first-order chi connectivity index (χ1) is 11.1. The summed E-state index contributed by atoms with van der Waals surface area (Å²) in [5.41, 5.74) is 2.06. The Labute approximate surface area is 132 Å². The highest BCUT2D eigenvalue weighted by Crippen LogP contribution is 2.40. The quantitative estimate of drug-likeness (QED) is 0.619. The minimum Gasteiger partial charge on any atom is -0.373 e. The molecule has 0 amide bonds. The average Bonchev–Trinajstić information content (AvgIpc) is 2.88. The highest BCUT2D eigenvalue weighted by Gasteiger charge is 2.33. The van der Waals surface area contributed by atoms with Crippen molar-refractivity contribution in [3.63, 3.8) is 0 Å². The standard InChI is InChI=1S/C19H15NO3/c1-2-15(21)20-17-12-8-4-5-9-13(12)18(22)16(17)11-7-3-6-10-14(11)19(20)23/h3-10,15,21H,2H2,1H3. The van der Waals surface area contributed by atoms with Gasteiger partial charge in [0.05, 0.1) is 11.3 Å². The van der Waals surface area contributed by atoms with E-state index in [2.05, 4.69) is 0 Å². The summed E-state index contributed by atoms with van der Waals surface area (Å²) in [6.45, 7) is 1.81. The number of hydrogen-bond acceptors (Lipinski definition) is 3. The lowest BCUT2D eigenvalue weighted by atomic mass is 10.0. The summed E-state index contributed by atoms with van der Waals surface area (Å²) in [6, 6.07) is 14.3. The van der Waals surface area contributed by atoms with Crippen LogP contribution in [0.2, 0.25) is 0 Å². The maximum atomic E-state index is 12.9. The first kappa shape index (κ1) is 13.9. The largest absolute Gasteiger partial charge is 0.373 e. The van der Waals surface area contributed by atoms with Crippen molar-refractivity contribution in [2.75, 3.05) is 0 Å². The monoisotopic (exact) mass is 305 g/mol. The molecule has 114 valence electrons. The number of carbonyl (C=O) groups excluding carboxylic acids is 1. The van der Waals surface area contributed by atoms with E-state index in [-0.39, 0.29) is 11.3 Å². The maximum absolute atomic E-state index is 12.9. The third kappa shape index (κ3) is 1.75. The second-order valence-electron chi connectivity index (χ2n) is 5.71. The fraction of sp³-hybridized carbons (Fsp3) is 0.158. The second-order valence-corrected chi connectivity index (χ2v) is 5.71. The van der Waals surface area contributed by atoms with Crippen molar-refractivity contribution in [3.8, 4) is 11.3 Å². The lowest BCUT2D eigenvalue weighted by Crippen LogP contribution is -2.27. The van der Waals surface area contributed by atoms with Crippen LogP contribution in [0.5, 0.6) is 0 Å². The lowest BCUT2D eigenvalue weighted by Gasteiger charge is -2.19. The SMILES string of the molecule is CCC(O)n1c2c(c3ccccc3c1=O)C(=O)c1ccccc1-2. The number of aliphatic hydroxyl groups is 1. The fourth-order valence-electron chi connectivity index (χ4n) is 3.35. The number of benzene rings is 2. The molecule has 0 fully saturated rings. The van der Waals surface area contributed by atoms with Crippen LogP contribution < -0.4 is 5.56 Å². The van der Waals surface area contributed by atoms with Gasteiger partial charge in [0.1, 0.15) is 6.23 Å². The van der Waals surface area contributed by atoms with Crippen LogP contribution in [0, 0.1) is 0 Å². The van der Waals surface area contributed by atoms with Gasteiger partial charge in [-0.3, -0.25) is 14.2 Å². The predicted octanol–water partition coefficient (Wildman–Crippen LogP) is 3.11. The summed E-state index contributed by atoms with van der Waals surface area (Å²) in [5, 5.41) is 11.5. The molecular weight excluding hydrogens is 290 g/mol. The minimum atomic E-state index is -0.959. The normalized spacial score (nSPS) is 13.9. The average molecular weight is 305 g/mol. The van der Waals surface area contributed by atoms with Crippen molar-refractivity contribution in [2.24, 2.45) is 0 Å². The van der Waals surface area contributed by atoms with Gasteiger partial charge in [-0.15, -0.1) is 0 Å². The Morgan fingerprint density at radius 2 is 1.57 bits per heavy atom. The lowest BCUT2D eigenvalue weighted by molar-refractivity contribution is 0.0979. The maximum Gasteiger partial charge on any atom is 0.261 e. The Bertz CT molecular complexity index is 1020. The molecule has 1 aliphatic carbocycles. The van der Waals surface area contributed by atoms with Crippen LogP contribution in [0.1, 0.15) is 35.5 Å². The van der Waals surface area contributed by atoms with E-state index in [4.69, 9.17) is 0 Å². The van der Waals surface area contributed by atoms with Crippen molar-refractivity contribution < 1.29 is 9.90 Å². The molecule has 0 saturated heterocycles. The van der Waals surface area contributed by atoms with Crippen molar-refractivity contribution in [1.29, 1.82) is 0 Å². The molecule has 4 rings (SSSR count). The molecule has 4 nitrogen and oxygen atoms in total. The first-order valence-corrected chi connectivity index (χ1v) is 7.64. The van der Waals surface area contributed by atoms with Gasteiger partial charge in [0.25, 0.3) is 5.56 Å². The predicted molar refractivity (Wildman–Crippen MR) is 88.6 cm³/mol. The highest BCUT2D eigenvalue weighted by molar-refractivity contribution is 6.26. The number of hydrogen-bond donors (Lipinski definition) is 1. The van der Waals surface area contributed by atoms with Gasteiger partial charge in [0.15, 0.2) is 5.78 Å². The molecule has 1 atom stereocenters. The Morgan fingerprint density at radius 3 is 2.26 bits per heavy atom. The van der Waals surface area contributed by atoms with Gasteiger partial charge in [-0.2, -0.15) is 0 Å². The highest BCUT2D eigenvalue weighted by atomic mass is 16.3. The van der Waals surface area contributed by atoms with E-state index >= 15 is 0 Å². The van der Waals surface area contributed by atoms with Gasteiger partial charge in [-0.1, -0.05) is 49.4 Å². The van der Waals surface area contributed by atoms with Crippen LogP contribution >= 0.6 is 0 Å². The Balaban J connectivity index is 2.26. The van der Waals surface area contributed by atoms with Crippen LogP contribution in [0.15, 0.2) is 53.3 Å². The van der Waals surface area contributed by atoms with Gasteiger partial charge in [0.2, 0.25) is 0 Å². The number of carbonyl (C=O) groups is 1. The number of fused-ring (bicyclic) bond motifs is 5. The molecule has 0 spiro atoms. The van der Waals surface area contributed by atoms with E-state index in [1.807, 2.05) is 24.3 Å². The van der Waals surface area contributed by atoms with E-state index in [0.717, 1.165) is 0 Å². The zero-order valence-electron chi connectivity index (χ0n) is 12.6. The molecule has 3 aromatic rings. The minimum absolute atomic E-state index is 0.0937. The van der Waals surface area contributed by atoms with Gasteiger partial charge in [-0.05, 0) is 12.5 Å². The van der Waals surface area contributed by atoms with Crippen LogP contribution in [0.4, 0.5) is 0 Å². The Hall–Kier alpha value is -2.72. The molecule has 23 heavy (non-hydrogen) atoms. The summed E-state index contributed by atoms with van der Waals surface area (Å²) >= 11 is 0. The summed E-state index contributed by atoms with van der Waals surface area (Å²) in [5.74, 6) is -0.0937. The van der Waals surface area contributed by atoms with E-state index < -0.39 is 6.23 Å². The molecule has 2 aromatic carbocycles. The van der Waals surface area contributed by atoms with Crippen molar-refractivity contribution >= 4 is 16.6 Å². The van der Waals surface area contributed by atoms with E-state index in [1.54, 1.807) is 31.2 Å². The van der Waals surface area contributed by atoms with Gasteiger partial charge >= 0.3 is 0 Å². The van der Waals surface area contributed by atoms with Crippen LogP contribution in [-0.4, -0.2) is 15.5 Å². The molecule has 4 heteroatoms. The Morgan fingerprint density at radius 1 is 0.957 bits per heavy atom. The summed E-state index contributed by atoms with van der Waals surface area (Å²) in [6.07, 6.45) is -0.569. The van der Waals surface area contributed by atoms with Crippen LogP contribution in [-0.2, 0) is 0 Å². The fourth-order valence-corrected chi connectivity index (χ4v) is 3.35. The van der Waals surface area contributed by atoms with Crippen molar-refractivity contribution in [3.05, 3.63) is 70.0 Å². The van der Waals surface area contributed by atoms with Crippen LogP contribution in [0.25, 0.3) is 22.0 Å². The zero-order chi connectivity index (χ0) is 16.1. The topological polar surface area (TPSA) is 59.3 Å². The van der Waals surface area contributed by atoms with Crippen molar-refractivity contribution in [1.82, 2.24) is 4.57 Å². The smallest absolute Gasteiger partial charge is 0.261 e. The molecule has 0 radical (unpaired) electrons. The molecule has 1 aliphatic rings. The number of rotatable bonds is 2. The molecule has 0 bridgehead atoms. The third-order valence-electron chi connectivity index (χ3n) is 4.44. The summed E-state index contributed by atoms with van der Waals surface area (Å²) < 4.78 is 1.36. The zero-order valence-corrected chi connectivity index (χ0v) is 12.6. The van der Waals surface area contributed by atoms with Gasteiger partial charge in [-0.25, -0.2) is 0 Å². The first-order valence-electron chi connectivity index (χ1n) is 7.64. The van der Waals surface area contributed by atoms with E-state index in [1.165, 1.54) is 4.57 Å². The van der Waals surface area contributed by atoms with Crippen molar-refractivity contribution in [2.45, 2.75) is 19.6 Å². The number of aromatic nitrogens is 1. The number of aliphatic hydroxyl groups excluding tert-OH is 1. The van der Waals surface area contributed by atoms with E-state index in [0.29, 0.717) is 39.6 Å². The molecule has 0 saturated carbocycles. The van der Waals surface area contributed by atoms with E-state index in [9.17, 15) is 14.7 Å². The van der Waals surface area contributed by atoms with Gasteiger partial charge < -0.3 is 5.11 Å². The third-order valence-corrected chi connectivity index (χ3v) is 4.44. The molecule has 1 heterocycles. The summed E-state index contributed by atoms with van der Waals surface area (Å²) in [7, 11) is 0. The summed E-state index contributed by atoms with van der Waals surface area (Å²) in [4.78, 5) is 25.8. The molecule has 1 unspecified atom stereocenters.